The van der Waals surface area contributed by atoms with Gasteiger partial charge < -0.3 is 24.5 Å². The van der Waals surface area contributed by atoms with E-state index in [9.17, 15) is 0 Å². The van der Waals surface area contributed by atoms with Gasteiger partial charge in [0.1, 0.15) is 18.1 Å². The number of aliphatic imine (C=N–C) groups is 1. The van der Waals surface area contributed by atoms with Crippen LogP contribution in [0.25, 0.3) is 0 Å². The normalized spacial score (nSPS) is 15.5. The van der Waals surface area contributed by atoms with Crippen molar-refractivity contribution in [3.8, 4) is 5.75 Å². The lowest BCUT2D eigenvalue weighted by Crippen LogP contribution is -2.42. The standard InChI is InChI=1S/C22H32N4O3.HI/c1-23-22(24-16-18-7-9-19(10-8-18)28-15-14-27-2)25-17-20(21-6-5-13-29-21)26-11-3-4-12-26;/h5-10,13,20H,3-4,11-12,14-17H2,1-2H3,(H2,23,24,25);1H. The summed E-state index contributed by atoms with van der Waals surface area (Å²) in [7, 11) is 3.46. The smallest absolute Gasteiger partial charge is 0.191 e. The molecular formula is C22H33IN4O3. The molecule has 30 heavy (non-hydrogen) atoms. The van der Waals surface area contributed by atoms with Gasteiger partial charge in [0.15, 0.2) is 5.96 Å². The van der Waals surface area contributed by atoms with Crippen LogP contribution in [0.4, 0.5) is 0 Å². The Kier molecular flexibility index (Phi) is 11.0. The molecule has 0 radical (unpaired) electrons. The monoisotopic (exact) mass is 528 g/mol. The lowest BCUT2D eigenvalue weighted by molar-refractivity contribution is 0.146. The summed E-state index contributed by atoms with van der Waals surface area (Å²) in [6.45, 7) is 4.79. The molecule has 2 N–H and O–H groups in total. The number of rotatable bonds is 10. The maximum absolute atomic E-state index is 5.69. The number of methoxy groups -OCH3 is 1. The molecule has 1 unspecified atom stereocenters. The van der Waals surface area contributed by atoms with E-state index in [4.69, 9.17) is 13.9 Å². The van der Waals surface area contributed by atoms with Crippen LogP contribution >= 0.6 is 24.0 Å². The second-order valence-corrected chi connectivity index (χ2v) is 7.07. The van der Waals surface area contributed by atoms with Gasteiger partial charge in [0.05, 0.1) is 18.9 Å². The fourth-order valence-corrected chi connectivity index (χ4v) is 3.49. The first-order valence-electron chi connectivity index (χ1n) is 10.2. The molecule has 3 rings (SSSR count). The second-order valence-electron chi connectivity index (χ2n) is 7.07. The lowest BCUT2D eigenvalue weighted by Gasteiger charge is -2.26. The molecule has 0 bridgehead atoms. The van der Waals surface area contributed by atoms with Gasteiger partial charge in [0, 0.05) is 27.2 Å². The van der Waals surface area contributed by atoms with E-state index in [1.807, 2.05) is 18.2 Å². The molecule has 2 heterocycles. The first-order valence-corrected chi connectivity index (χ1v) is 10.2. The molecule has 1 fully saturated rings. The molecule has 8 heteroatoms. The third kappa shape index (κ3) is 7.48. The van der Waals surface area contributed by atoms with Crippen LogP contribution in [-0.2, 0) is 11.3 Å². The molecule has 7 nitrogen and oxygen atoms in total. The summed E-state index contributed by atoms with van der Waals surface area (Å²) >= 11 is 0. The number of hydrogen-bond acceptors (Lipinski definition) is 5. The van der Waals surface area contributed by atoms with Gasteiger partial charge in [0.2, 0.25) is 0 Å². The summed E-state index contributed by atoms with van der Waals surface area (Å²) in [6.07, 6.45) is 4.23. The van der Waals surface area contributed by atoms with E-state index in [0.717, 1.165) is 42.7 Å². The van der Waals surface area contributed by atoms with Crippen molar-refractivity contribution in [1.29, 1.82) is 0 Å². The number of furan rings is 1. The molecule has 0 aliphatic carbocycles. The third-order valence-electron chi connectivity index (χ3n) is 5.08. The fourth-order valence-electron chi connectivity index (χ4n) is 3.49. The van der Waals surface area contributed by atoms with Crippen LogP contribution in [-0.4, -0.2) is 57.9 Å². The molecule has 2 aromatic rings. The van der Waals surface area contributed by atoms with Crippen LogP contribution in [0.1, 0.15) is 30.2 Å². The van der Waals surface area contributed by atoms with Gasteiger partial charge in [-0.25, -0.2) is 0 Å². The van der Waals surface area contributed by atoms with Gasteiger partial charge in [-0.1, -0.05) is 12.1 Å². The van der Waals surface area contributed by atoms with Gasteiger partial charge in [-0.15, -0.1) is 24.0 Å². The first kappa shape index (κ1) is 24.5. The van der Waals surface area contributed by atoms with E-state index in [1.54, 1.807) is 20.4 Å². The summed E-state index contributed by atoms with van der Waals surface area (Å²) in [6, 6.07) is 12.3. The fraction of sp³-hybridized carbons (Fsp3) is 0.500. The highest BCUT2D eigenvalue weighted by atomic mass is 127. The van der Waals surface area contributed by atoms with Gasteiger partial charge in [-0.2, -0.15) is 0 Å². The van der Waals surface area contributed by atoms with Crippen molar-refractivity contribution in [2.75, 3.05) is 47.0 Å². The number of guanidine groups is 1. The third-order valence-corrected chi connectivity index (χ3v) is 5.08. The maximum atomic E-state index is 5.69. The molecule has 1 aliphatic rings. The molecule has 1 aromatic heterocycles. The molecule has 1 aliphatic heterocycles. The number of halogens is 1. The lowest BCUT2D eigenvalue weighted by atomic mass is 10.2. The Morgan fingerprint density at radius 3 is 2.53 bits per heavy atom. The highest BCUT2D eigenvalue weighted by Crippen LogP contribution is 2.24. The highest BCUT2D eigenvalue weighted by Gasteiger charge is 2.25. The van der Waals surface area contributed by atoms with Crippen LogP contribution in [0.2, 0.25) is 0 Å². The van der Waals surface area contributed by atoms with Crippen molar-refractivity contribution in [3.05, 3.63) is 54.0 Å². The van der Waals surface area contributed by atoms with Crippen molar-refractivity contribution >= 4 is 29.9 Å². The van der Waals surface area contributed by atoms with E-state index in [1.165, 1.54) is 12.8 Å². The number of nitrogens with one attached hydrogen (secondary N) is 2. The Balaban J connectivity index is 0.00000320. The minimum Gasteiger partial charge on any atom is -0.491 e. The van der Waals surface area contributed by atoms with E-state index in [0.29, 0.717) is 19.8 Å². The van der Waals surface area contributed by atoms with Gasteiger partial charge in [0.25, 0.3) is 0 Å². The van der Waals surface area contributed by atoms with Gasteiger partial charge in [-0.3, -0.25) is 9.89 Å². The van der Waals surface area contributed by atoms with Crippen molar-refractivity contribution < 1.29 is 13.9 Å². The quantitative estimate of drug-likeness (QED) is 0.213. The summed E-state index contributed by atoms with van der Waals surface area (Å²) in [5, 5.41) is 6.83. The summed E-state index contributed by atoms with van der Waals surface area (Å²) in [5.41, 5.74) is 1.16. The zero-order valence-corrected chi connectivity index (χ0v) is 20.1. The van der Waals surface area contributed by atoms with E-state index < -0.39 is 0 Å². The Hall–Kier alpha value is -1.78. The molecule has 1 saturated heterocycles. The van der Waals surface area contributed by atoms with Crippen molar-refractivity contribution in [1.82, 2.24) is 15.5 Å². The van der Waals surface area contributed by atoms with Crippen LogP contribution in [0.15, 0.2) is 52.1 Å². The average molecular weight is 528 g/mol. The topological polar surface area (TPSA) is 71.3 Å². The summed E-state index contributed by atoms with van der Waals surface area (Å²) in [4.78, 5) is 6.83. The number of likely N-dealkylation sites (tertiary alicyclic amines) is 1. The van der Waals surface area contributed by atoms with Crippen LogP contribution < -0.4 is 15.4 Å². The largest absolute Gasteiger partial charge is 0.491 e. The predicted octanol–water partition coefficient (Wildman–Crippen LogP) is 3.42. The highest BCUT2D eigenvalue weighted by molar-refractivity contribution is 14.0. The maximum Gasteiger partial charge on any atom is 0.191 e. The van der Waals surface area contributed by atoms with Gasteiger partial charge in [-0.05, 0) is 55.8 Å². The zero-order chi connectivity index (χ0) is 20.3. The minimum atomic E-state index is 0. The van der Waals surface area contributed by atoms with Crippen molar-refractivity contribution in [2.45, 2.75) is 25.4 Å². The predicted molar refractivity (Wildman–Crippen MR) is 130 cm³/mol. The molecule has 1 aromatic carbocycles. The van der Waals surface area contributed by atoms with Crippen molar-refractivity contribution in [3.63, 3.8) is 0 Å². The van der Waals surface area contributed by atoms with E-state index in [2.05, 4.69) is 38.7 Å². The molecule has 0 amide bonds. The Labute approximate surface area is 196 Å². The number of ether oxygens (including phenoxy) is 2. The average Bonchev–Trinajstić information content (AvgIpc) is 3.46. The summed E-state index contributed by atoms with van der Waals surface area (Å²) < 4.78 is 16.3. The first-order chi connectivity index (χ1) is 14.3. The Bertz CT molecular complexity index is 731. The number of benzene rings is 1. The Morgan fingerprint density at radius 2 is 1.90 bits per heavy atom. The molecule has 1 atom stereocenters. The van der Waals surface area contributed by atoms with E-state index in [-0.39, 0.29) is 30.0 Å². The van der Waals surface area contributed by atoms with Gasteiger partial charge >= 0.3 is 0 Å². The number of nitrogens with zero attached hydrogens (tertiary/aromatic N) is 2. The molecule has 166 valence electrons. The zero-order valence-electron chi connectivity index (χ0n) is 17.8. The second kappa shape index (κ2) is 13.5. The van der Waals surface area contributed by atoms with Crippen LogP contribution in [0.5, 0.6) is 5.75 Å². The molecule has 0 spiro atoms. The Morgan fingerprint density at radius 1 is 1.13 bits per heavy atom. The summed E-state index contributed by atoms with van der Waals surface area (Å²) in [5.74, 6) is 2.63. The number of hydrogen-bond donors (Lipinski definition) is 2. The van der Waals surface area contributed by atoms with E-state index >= 15 is 0 Å². The van der Waals surface area contributed by atoms with Crippen molar-refractivity contribution in [2.24, 2.45) is 4.99 Å². The molecule has 0 saturated carbocycles. The molecular weight excluding hydrogens is 495 g/mol. The SMILES string of the molecule is CN=C(NCc1ccc(OCCOC)cc1)NCC(c1ccco1)N1CCCC1.I. The van der Waals surface area contributed by atoms with Crippen LogP contribution in [0, 0.1) is 0 Å². The minimum absolute atomic E-state index is 0. The van der Waals surface area contributed by atoms with Crippen LogP contribution in [0.3, 0.4) is 0 Å².